The summed E-state index contributed by atoms with van der Waals surface area (Å²) in [6.45, 7) is 3.69. The first-order valence-corrected chi connectivity index (χ1v) is 6.79. The number of piperazine rings is 1. The van der Waals surface area contributed by atoms with E-state index in [1.807, 2.05) is 13.8 Å². The predicted molar refractivity (Wildman–Crippen MR) is 73.6 cm³/mol. The summed E-state index contributed by atoms with van der Waals surface area (Å²) in [6.07, 6.45) is 0. The van der Waals surface area contributed by atoms with E-state index >= 15 is 0 Å². The van der Waals surface area contributed by atoms with E-state index in [0.29, 0.717) is 5.56 Å². The number of benzene rings is 1. The molecule has 4 nitrogen and oxygen atoms in total. The van der Waals surface area contributed by atoms with Crippen LogP contribution in [0.15, 0.2) is 18.2 Å². The molecule has 1 unspecified atom stereocenters. The van der Waals surface area contributed by atoms with E-state index in [1.54, 1.807) is 12.1 Å². The van der Waals surface area contributed by atoms with Crippen LogP contribution < -0.4 is 5.32 Å². The number of carbonyl (C=O) groups is 2. The third-order valence-corrected chi connectivity index (χ3v) is 3.63. The molecule has 0 radical (unpaired) electrons. The normalized spacial score (nSPS) is 19.4. The third-order valence-electron chi connectivity index (χ3n) is 3.34. The lowest BCUT2D eigenvalue weighted by Crippen LogP contribution is -2.59. The number of hydrogen-bond acceptors (Lipinski definition) is 2. The van der Waals surface area contributed by atoms with Crippen LogP contribution in [0.1, 0.15) is 19.4 Å². The van der Waals surface area contributed by atoms with Gasteiger partial charge < -0.3 is 10.2 Å². The second-order valence-electron chi connectivity index (χ2n) is 5.14. The predicted octanol–water partition coefficient (Wildman–Crippen LogP) is 1.96. The van der Waals surface area contributed by atoms with E-state index in [-0.39, 0.29) is 35.8 Å². The zero-order chi connectivity index (χ0) is 14.9. The second kappa shape index (κ2) is 5.79. The highest BCUT2D eigenvalue weighted by molar-refractivity contribution is 6.30. The minimum Gasteiger partial charge on any atom is -0.345 e. The SMILES string of the molecule is CC(C)C1C(=O)NCC(=O)N1Cc1cccc(Cl)c1F. The first-order valence-electron chi connectivity index (χ1n) is 6.42. The maximum absolute atomic E-state index is 13.9. The van der Waals surface area contributed by atoms with Gasteiger partial charge in [-0.25, -0.2) is 4.39 Å². The van der Waals surface area contributed by atoms with Crippen molar-refractivity contribution < 1.29 is 14.0 Å². The molecule has 20 heavy (non-hydrogen) atoms. The Bertz CT molecular complexity index is 548. The Morgan fingerprint density at radius 2 is 2.15 bits per heavy atom. The van der Waals surface area contributed by atoms with Crippen molar-refractivity contribution in [1.82, 2.24) is 10.2 Å². The van der Waals surface area contributed by atoms with E-state index < -0.39 is 11.9 Å². The summed E-state index contributed by atoms with van der Waals surface area (Å²) in [6, 6.07) is 4.05. The van der Waals surface area contributed by atoms with Gasteiger partial charge in [0.05, 0.1) is 11.6 Å². The molecule has 1 heterocycles. The fourth-order valence-electron chi connectivity index (χ4n) is 2.37. The molecular weight excluding hydrogens is 283 g/mol. The number of carbonyl (C=O) groups excluding carboxylic acids is 2. The van der Waals surface area contributed by atoms with Gasteiger partial charge >= 0.3 is 0 Å². The third kappa shape index (κ3) is 2.77. The average Bonchev–Trinajstić information content (AvgIpc) is 2.38. The van der Waals surface area contributed by atoms with Crippen LogP contribution in [0.5, 0.6) is 0 Å². The van der Waals surface area contributed by atoms with Gasteiger partial charge in [-0.3, -0.25) is 9.59 Å². The molecule has 1 fully saturated rings. The van der Waals surface area contributed by atoms with E-state index in [0.717, 1.165) is 0 Å². The van der Waals surface area contributed by atoms with Crippen LogP contribution in [0.4, 0.5) is 4.39 Å². The summed E-state index contributed by atoms with van der Waals surface area (Å²) in [7, 11) is 0. The minimum atomic E-state index is -0.588. The summed E-state index contributed by atoms with van der Waals surface area (Å²) >= 11 is 5.74. The van der Waals surface area contributed by atoms with Gasteiger partial charge in [0.15, 0.2) is 0 Å². The van der Waals surface area contributed by atoms with Crippen molar-refractivity contribution in [2.24, 2.45) is 5.92 Å². The molecule has 2 amide bonds. The van der Waals surface area contributed by atoms with Crippen LogP contribution in [0, 0.1) is 11.7 Å². The summed E-state index contributed by atoms with van der Waals surface area (Å²) in [5.74, 6) is -1.03. The molecule has 2 rings (SSSR count). The first kappa shape index (κ1) is 14.8. The van der Waals surface area contributed by atoms with Gasteiger partial charge in [0.1, 0.15) is 11.9 Å². The number of nitrogens with one attached hydrogen (secondary N) is 1. The highest BCUT2D eigenvalue weighted by atomic mass is 35.5. The molecule has 1 saturated heterocycles. The monoisotopic (exact) mass is 298 g/mol. The van der Waals surface area contributed by atoms with Gasteiger partial charge in [0.25, 0.3) is 0 Å². The molecule has 1 aliphatic heterocycles. The van der Waals surface area contributed by atoms with Gasteiger partial charge in [0.2, 0.25) is 11.8 Å². The van der Waals surface area contributed by atoms with E-state index in [4.69, 9.17) is 11.6 Å². The topological polar surface area (TPSA) is 49.4 Å². The van der Waals surface area contributed by atoms with Gasteiger partial charge in [-0.15, -0.1) is 0 Å². The highest BCUT2D eigenvalue weighted by Crippen LogP contribution is 2.23. The number of rotatable bonds is 3. The van der Waals surface area contributed by atoms with Crippen LogP contribution in [-0.2, 0) is 16.1 Å². The molecular formula is C14H16ClFN2O2. The lowest BCUT2D eigenvalue weighted by molar-refractivity contribution is -0.148. The van der Waals surface area contributed by atoms with E-state index in [9.17, 15) is 14.0 Å². The molecule has 1 aromatic rings. The van der Waals surface area contributed by atoms with Crippen LogP contribution in [0.25, 0.3) is 0 Å². The highest BCUT2D eigenvalue weighted by Gasteiger charge is 2.36. The molecule has 6 heteroatoms. The van der Waals surface area contributed by atoms with Crippen molar-refractivity contribution >= 4 is 23.4 Å². The van der Waals surface area contributed by atoms with Gasteiger partial charge in [-0.2, -0.15) is 0 Å². The number of hydrogen-bond donors (Lipinski definition) is 1. The molecule has 0 saturated carbocycles. The number of amides is 2. The number of nitrogens with zero attached hydrogens (tertiary/aromatic N) is 1. The zero-order valence-electron chi connectivity index (χ0n) is 11.3. The largest absolute Gasteiger partial charge is 0.345 e. The average molecular weight is 299 g/mol. The fraction of sp³-hybridized carbons (Fsp3) is 0.429. The second-order valence-corrected chi connectivity index (χ2v) is 5.55. The van der Waals surface area contributed by atoms with E-state index in [1.165, 1.54) is 11.0 Å². The standard InChI is InChI=1S/C14H16ClFN2O2/c1-8(2)13-14(20)17-6-11(19)18(13)7-9-4-3-5-10(15)12(9)16/h3-5,8,13H,6-7H2,1-2H3,(H,17,20). The van der Waals surface area contributed by atoms with Gasteiger partial charge in [0, 0.05) is 12.1 Å². The Morgan fingerprint density at radius 3 is 2.80 bits per heavy atom. The lowest BCUT2D eigenvalue weighted by Gasteiger charge is -2.37. The minimum absolute atomic E-state index is 0.0116. The lowest BCUT2D eigenvalue weighted by atomic mass is 9.98. The maximum atomic E-state index is 13.9. The van der Waals surface area contributed by atoms with Crippen LogP contribution in [-0.4, -0.2) is 29.3 Å². The summed E-state index contributed by atoms with van der Waals surface area (Å²) in [4.78, 5) is 25.3. The number of halogens is 2. The van der Waals surface area contributed by atoms with Crippen molar-refractivity contribution in [3.63, 3.8) is 0 Å². The van der Waals surface area contributed by atoms with Crippen LogP contribution in [0.2, 0.25) is 5.02 Å². The van der Waals surface area contributed by atoms with Crippen LogP contribution in [0.3, 0.4) is 0 Å². The molecule has 0 bridgehead atoms. The molecule has 1 N–H and O–H groups in total. The Morgan fingerprint density at radius 1 is 1.45 bits per heavy atom. The zero-order valence-corrected chi connectivity index (χ0v) is 12.1. The van der Waals surface area contributed by atoms with Gasteiger partial charge in [-0.05, 0) is 12.0 Å². The van der Waals surface area contributed by atoms with Crippen molar-refractivity contribution in [2.75, 3.05) is 6.54 Å². The molecule has 1 aliphatic rings. The summed E-state index contributed by atoms with van der Waals surface area (Å²) in [5.41, 5.74) is 0.311. The molecule has 0 aliphatic carbocycles. The Labute approximate surface area is 121 Å². The van der Waals surface area contributed by atoms with Crippen molar-refractivity contribution in [3.8, 4) is 0 Å². The Kier molecular flexibility index (Phi) is 4.28. The van der Waals surface area contributed by atoms with E-state index in [2.05, 4.69) is 5.32 Å². The van der Waals surface area contributed by atoms with Crippen LogP contribution >= 0.6 is 11.6 Å². The maximum Gasteiger partial charge on any atom is 0.243 e. The fourth-order valence-corrected chi connectivity index (χ4v) is 2.56. The first-order chi connectivity index (χ1) is 9.41. The molecule has 1 aromatic carbocycles. The molecule has 0 spiro atoms. The Hall–Kier alpha value is -1.62. The summed E-state index contributed by atoms with van der Waals surface area (Å²) < 4.78 is 13.9. The quantitative estimate of drug-likeness (QED) is 0.927. The Balaban J connectivity index is 2.30. The molecule has 1 atom stereocenters. The van der Waals surface area contributed by atoms with Crippen molar-refractivity contribution in [3.05, 3.63) is 34.6 Å². The molecule has 0 aromatic heterocycles. The van der Waals surface area contributed by atoms with Crippen molar-refractivity contribution in [2.45, 2.75) is 26.4 Å². The van der Waals surface area contributed by atoms with Crippen molar-refractivity contribution in [1.29, 1.82) is 0 Å². The smallest absolute Gasteiger partial charge is 0.243 e. The summed E-state index contributed by atoms with van der Waals surface area (Å²) in [5, 5.41) is 2.57. The molecule has 108 valence electrons. The van der Waals surface area contributed by atoms with Gasteiger partial charge in [-0.1, -0.05) is 37.6 Å².